The fourth-order valence-corrected chi connectivity index (χ4v) is 2.72. The van der Waals surface area contributed by atoms with Crippen LogP contribution < -0.4 is 0 Å². The first-order valence-electron chi connectivity index (χ1n) is 7.84. The number of hydrogen-bond acceptors (Lipinski definition) is 3. The molecule has 0 aromatic heterocycles. The van der Waals surface area contributed by atoms with E-state index >= 15 is 0 Å². The maximum Gasteiger partial charge on any atom is 0.311 e. The van der Waals surface area contributed by atoms with E-state index in [1.54, 1.807) is 11.8 Å². The van der Waals surface area contributed by atoms with Crippen molar-refractivity contribution in [3.8, 4) is 0 Å². The molecule has 1 heterocycles. The van der Waals surface area contributed by atoms with Crippen molar-refractivity contribution in [2.24, 2.45) is 17.3 Å². The van der Waals surface area contributed by atoms with Crippen LogP contribution in [0.25, 0.3) is 0 Å². The predicted molar refractivity (Wildman–Crippen MR) is 81.0 cm³/mol. The maximum atomic E-state index is 12.4. The summed E-state index contributed by atoms with van der Waals surface area (Å²) >= 11 is 0. The van der Waals surface area contributed by atoms with Crippen molar-refractivity contribution in [1.82, 2.24) is 4.90 Å². The minimum absolute atomic E-state index is 0.00460. The molecule has 1 amide bonds. The first-order chi connectivity index (χ1) is 9.70. The van der Waals surface area contributed by atoms with Gasteiger partial charge in [-0.2, -0.15) is 0 Å². The summed E-state index contributed by atoms with van der Waals surface area (Å²) in [5.74, 6) is -0.353. The number of ether oxygens (including phenoxy) is 1. The van der Waals surface area contributed by atoms with Gasteiger partial charge in [0.2, 0.25) is 0 Å². The van der Waals surface area contributed by atoms with Gasteiger partial charge in [-0.3, -0.25) is 9.59 Å². The molecule has 1 saturated heterocycles. The van der Waals surface area contributed by atoms with Crippen LogP contribution in [0.2, 0.25) is 0 Å². The van der Waals surface area contributed by atoms with E-state index in [2.05, 4.69) is 13.8 Å². The molecule has 0 bridgehead atoms. The molecule has 122 valence electrons. The monoisotopic (exact) mass is 299 g/mol. The summed E-state index contributed by atoms with van der Waals surface area (Å²) in [6, 6.07) is 0. The molecule has 0 saturated carbocycles. The standard InChI is InChI=1S/C16H29NO4/c1-11(2)6-9-21-13(5)14(18)17-8-7-16(10-17,12(3)4)15(19)20/h11-13H,6-10H2,1-5H3,(H,19,20). The zero-order chi connectivity index (χ0) is 16.2. The lowest BCUT2D eigenvalue weighted by Gasteiger charge is -2.29. The molecule has 0 aromatic carbocycles. The highest BCUT2D eigenvalue weighted by atomic mass is 16.5. The molecule has 1 aliphatic heterocycles. The third-order valence-electron chi connectivity index (χ3n) is 4.55. The summed E-state index contributed by atoms with van der Waals surface area (Å²) in [4.78, 5) is 25.6. The SMILES string of the molecule is CC(C)CCOC(C)C(=O)N1CCC(C(=O)O)(C(C)C)C1. The van der Waals surface area contributed by atoms with Crippen molar-refractivity contribution in [3.63, 3.8) is 0 Å². The van der Waals surface area contributed by atoms with Crippen LogP contribution in [-0.4, -0.2) is 47.7 Å². The number of carbonyl (C=O) groups is 2. The lowest BCUT2D eigenvalue weighted by atomic mass is 9.76. The second-order valence-corrected chi connectivity index (χ2v) is 6.82. The minimum Gasteiger partial charge on any atom is -0.481 e. The van der Waals surface area contributed by atoms with Gasteiger partial charge in [-0.25, -0.2) is 0 Å². The Hall–Kier alpha value is -1.10. The molecule has 2 unspecified atom stereocenters. The molecule has 2 atom stereocenters. The molecule has 1 aliphatic rings. The zero-order valence-corrected chi connectivity index (χ0v) is 13.9. The number of aliphatic carboxylic acids is 1. The fraction of sp³-hybridized carbons (Fsp3) is 0.875. The van der Waals surface area contributed by atoms with Crippen LogP contribution in [0.3, 0.4) is 0 Å². The van der Waals surface area contributed by atoms with Gasteiger partial charge in [-0.1, -0.05) is 27.7 Å². The molecule has 5 nitrogen and oxygen atoms in total. The van der Waals surface area contributed by atoms with E-state index in [0.717, 1.165) is 6.42 Å². The van der Waals surface area contributed by atoms with E-state index in [-0.39, 0.29) is 18.4 Å². The Morgan fingerprint density at radius 3 is 2.29 bits per heavy atom. The van der Waals surface area contributed by atoms with Gasteiger partial charge in [0.05, 0.1) is 5.41 Å². The zero-order valence-electron chi connectivity index (χ0n) is 13.9. The number of hydrogen-bond donors (Lipinski definition) is 1. The van der Waals surface area contributed by atoms with Gasteiger partial charge in [0, 0.05) is 19.7 Å². The molecule has 1 rings (SSSR count). The highest BCUT2D eigenvalue weighted by Crippen LogP contribution is 2.38. The van der Waals surface area contributed by atoms with Crippen molar-refractivity contribution in [3.05, 3.63) is 0 Å². The Labute approximate surface area is 127 Å². The highest BCUT2D eigenvalue weighted by Gasteiger charge is 2.48. The van der Waals surface area contributed by atoms with Crippen LogP contribution in [0.4, 0.5) is 0 Å². The average Bonchev–Trinajstić information content (AvgIpc) is 2.83. The number of nitrogens with zero attached hydrogens (tertiary/aromatic N) is 1. The first kappa shape index (κ1) is 18.0. The summed E-state index contributed by atoms with van der Waals surface area (Å²) in [7, 11) is 0. The van der Waals surface area contributed by atoms with Gasteiger partial charge < -0.3 is 14.7 Å². The van der Waals surface area contributed by atoms with Crippen molar-refractivity contribution in [1.29, 1.82) is 0 Å². The van der Waals surface area contributed by atoms with Crippen LogP contribution >= 0.6 is 0 Å². The molecule has 0 aromatic rings. The molecule has 0 radical (unpaired) electrons. The number of rotatable bonds is 7. The van der Waals surface area contributed by atoms with Gasteiger partial charge in [0.15, 0.2) is 0 Å². The number of carboxylic acid groups (broad SMARTS) is 1. The normalized spacial score (nSPS) is 23.9. The highest BCUT2D eigenvalue weighted by molar-refractivity contribution is 5.83. The van der Waals surface area contributed by atoms with Crippen molar-refractivity contribution >= 4 is 11.9 Å². The van der Waals surface area contributed by atoms with Crippen LogP contribution in [0, 0.1) is 17.3 Å². The van der Waals surface area contributed by atoms with Crippen molar-refractivity contribution in [2.75, 3.05) is 19.7 Å². The summed E-state index contributed by atoms with van der Waals surface area (Å²) in [6.45, 7) is 11.1. The van der Waals surface area contributed by atoms with E-state index in [4.69, 9.17) is 4.74 Å². The first-order valence-corrected chi connectivity index (χ1v) is 7.84. The van der Waals surface area contributed by atoms with E-state index < -0.39 is 17.5 Å². The Morgan fingerprint density at radius 2 is 1.86 bits per heavy atom. The van der Waals surface area contributed by atoms with Gasteiger partial charge in [-0.15, -0.1) is 0 Å². The van der Waals surface area contributed by atoms with Gasteiger partial charge in [0.25, 0.3) is 5.91 Å². The minimum atomic E-state index is -0.812. The Balaban J connectivity index is 2.59. The quantitative estimate of drug-likeness (QED) is 0.784. The fourth-order valence-electron chi connectivity index (χ4n) is 2.72. The predicted octanol–water partition coefficient (Wildman–Crippen LogP) is 2.40. The second kappa shape index (κ2) is 7.25. The van der Waals surface area contributed by atoms with Crippen LogP contribution in [-0.2, 0) is 14.3 Å². The summed E-state index contributed by atoms with van der Waals surface area (Å²) in [5.41, 5.74) is -0.812. The van der Waals surface area contributed by atoms with Crippen LogP contribution in [0.15, 0.2) is 0 Å². The summed E-state index contributed by atoms with van der Waals surface area (Å²) in [5, 5.41) is 9.51. The number of carbonyl (C=O) groups excluding carboxylic acids is 1. The molecular weight excluding hydrogens is 270 g/mol. The largest absolute Gasteiger partial charge is 0.481 e. The van der Waals surface area contributed by atoms with E-state index in [0.29, 0.717) is 25.5 Å². The molecule has 0 aliphatic carbocycles. The molecule has 0 spiro atoms. The van der Waals surface area contributed by atoms with Gasteiger partial charge in [-0.05, 0) is 31.6 Å². The third-order valence-corrected chi connectivity index (χ3v) is 4.55. The average molecular weight is 299 g/mol. The molecule has 5 heteroatoms. The van der Waals surface area contributed by atoms with E-state index in [9.17, 15) is 14.7 Å². The van der Waals surface area contributed by atoms with Gasteiger partial charge in [0.1, 0.15) is 6.10 Å². The Morgan fingerprint density at radius 1 is 1.24 bits per heavy atom. The van der Waals surface area contributed by atoms with E-state index in [1.165, 1.54) is 0 Å². The Bertz CT molecular complexity index is 380. The van der Waals surface area contributed by atoms with Gasteiger partial charge >= 0.3 is 5.97 Å². The molecular formula is C16H29NO4. The third kappa shape index (κ3) is 4.19. The van der Waals surface area contributed by atoms with Crippen molar-refractivity contribution < 1.29 is 19.4 Å². The Kier molecular flexibility index (Phi) is 6.20. The summed E-state index contributed by atoms with van der Waals surface area (Å²) in [6.07, 6.45) is 0.938. The topological polar surface area (TPSA) is 66.8 Å². The molecule has 1 fully saturated rings. The van der Waals surface area contributed by atoms with E-state index in [1.807, 2.05) is 13.8 Å². The molecule has 21 heavy (non-hydrogen) atoms. The lowest BCUT2D eigenvalue weighted by Crippen LogP contribution is -2.43. The molecule has 1 N–H and O–H groups in total. The van der Waals surface area contributed by atoms with Crippen LogP contribution in [0.1, 0.15) is 47.5 Å². The maximum absolute atomic E-state index is 12.4. The smallest absolute Gasteiger partial charge is 0.311 e. The number of carboxylic acids is 1. The number of amides is 1. The van der Waals surface area contributed by atoms with Crippen molar-refractivity contribution in [2.45, 2.75) is 53.6 Å². The number of likely N-dealkylation sites (tertiary alicyclic amines) is 1. The lowest BCUT2D eigenvalue weighted by molar-refractivity contribution is -0.152. The summed E-state index contributed by atoms with van der Waals surface area (Å²) < 4.78 is 5.58. The van der Waals surface area contributed by atoms with Crippen LogP contribution in [0.5, 0.6) is 0 Å². The second-order valence-electron chi connectivity index (χ2n) is 6.82.